The molecule has 1 aromatic rings. The van der Waals surface area contributed by atoms with Crippen LogP contribution in [0.1, 0.15) is 18.9 Å². The number of hydrogen-bond donors (Lipinski definition) is 2. The van der Waals surface area contributed by atoms with Crippen LogP contribution < -0.4 is 10.0 Å². The monoisotopic (exact) mass is 335 g/mol. The SMILES string of the molecule is CCc1ccc([N+](=O)[O-])cc1S(=O)(=O)NC1CCNC1.Cl. The van der Waals surface area contributed by atoms with E-state index in [1.54, 1.807) is 0 Å². The first-order valence-corrected chi connectivity index (χ1v) is 7.92. The first kappa shape index (κ1) is 17.8. The maximum atomic E-state index is 12.4. The number of halogens is 1. The van der Waals surface area contributed by atoms with E-state index in [0.29, 0.717) is 18.5 Å². The van der Waals surface area contributed by atoms with E-state index >= 15 is 0 Å². The topological polar surface area (TPSA) is 101 Å². The molecule has 0 aromatic heterocycles. The molecule has 1 fully saturated rings. The fraction of sp³-hybridized carbons (Fsp3) is 0.500. The molecule has 0 bridgehead atoms. The van der Waals surface area contributed by atoms with Crippen LogP contribution in [0, 0.1) is 10.1 Å². The largest absolute Gasteiger partial charge is 0.315 e. The van der Waals surface area contributed by atoms with Gasteiger partial charge in [-0.2, -0.15) is 0 Å². The van der Waals surface area contributed by atoms with Gasteiger partial charge in [0.25, 0.3) is 5.69 Å². The number of non-ortho nitro benzene ring substituents is 1. The number of rotatable bonds is 5. The minimum absolute atomic E-state index is 0. The molecule has 1 unspecified atom stereocenters. The number of nitrogens with zero attached hydrogens (tertiary/aromatic N) is 1. The van der Waals surface area contributed by atoms with Gasteiger partial charge in [-0.15, -0.1) is 12.4 Å². The normalized spacial score (nSPS) is 18.2. The molecular weight excluding hydrogens is 318 g/mol. The van der Waals surface area contributed by atoms with Crippen molar-refractivity contribution in [3.8, 4) is 0 Å². The summed E-state index contributed by atoms with van der Waals surface area (Å²) in [4.78, 5) is 10.2. The molecule has 7 nitrogen and oxygen atoms in total. The van der Waals surface area contributed by atoms with Crippen LogP contribution in [0.25, 0.3) is 0 Å². The molecule has 21 heavy (non-hydrogen) atoms. The second kappa shape index (κ2) is 7.17. The van der Waals surface area contributed by atoms with Gasteiger partial charge in [0, 0.05) is 24.7 Å². The van der Waals surface area contributed by atoms with Crippen molar-refractivity contribution in [2.75, 3.05) is 13.1 Å². The van der Waals surface area contributed by atoms with Crippen molar-refractivity contribution in [2.24, 2.45) is 0 Å². The predicted molar refractivity (Wildman–Crippen MR) is 81.3 cm³/mol. The van der Waals surface area contributed by atoms with E-state index in [-0.39, 0.29) is 29.0 Å². The Kier molecular flexibility index (Phi) is 6.09. The van der Waals surface area contributed by atoms with Crippen LogP contribution in [-0.4, -0.2) is 32.5 Å². The zero-order valence-electron chi connectivity index (χ0n) is 11.5. The number of benzene rings is 1. The fourth-order valence-electron chi connectivity index (χ4n) is 2.24. The molecule has 0 spiro atoms. The molecule has 0 saturated carbocycles. The first-order chi connectivity index (χ1) is 9.44. The van der Waals surface area contributed by atoms with Crippen LogP contribution in [0.2, 0.25) is 0 Å². The number of nitro benzene ring substituents is 1. The highest BCUT2D eigenvalue weighted by Gasteiger charge is 2.26. The Hall–Kier alpha value is -1.22. The van der Waals surface area contributed by atoms with Crippen molar-refractivity contribution in [1.29, 1.82) is 0 Å². The Labute approximate surface area is 129 Å². The summed E-state index contributed by atoms with van der Waals surface area (Å²) in [5.41, 5.74) is 0.362. The maximum absolute atomic E-state index is 12.4. The minimum atomic E-state index is -3.74. The van der Waals surface area contributed by atoms with Crippen molar-refractivity contribution in [2.45, 2.75) is 30.7 Å². The summed E-state index contributed by atoms with van der Waals surface area (Å²) in [6.07, 6.45) is 1.22. The van der Waals surface area contributed by atoms with Crippen LogP contribution in [0.3, 0.4) is 0 Å². The maximum Gasteiger partial charge on any atom is 0.270 e. The van der Waals surface area contributed by atoms with Crippen molar-refractivity contribution in [3.05, 3.63) is 33.9 Å². The molecule has 0 radical (unpaired) electrons. The van der Waals surface area contributed by atoms with Crippen LogP contribution in [0.15, 0.2) is 23.1 Å². The summed E-state index contributed by atoms with van der Waals surface area (Å²) in [5, 5.41) is 13.9. The Morgan fingerprint density at radius 2 is 2.19 bits per heavy atom. The molecule has 1 aliphatic rings. The second-order valence-electron chi connectivity index (χ2n) is 4.71. The number of nitro groups is 1. The lowest BCUT2D eigenvalue weighted by molar-refractivity contribution is -0.385. The Bertz CT molecular complexity index is 615. The van der Waals surface area contributed by atoms with Crippen LogP contribution in [-0.2, 0) is 16.4 Å². The molecule has 0 aliphatic carbocycles. The van der Waals surface area contributed by atoms with E-state index in [2.05, 4.69) is 10.0 Å². The summed E-state index contributed by atoms with van der Waals surface area (Å²) in [6.45, 7) is 3.16. The molecule has 1 saturated heterocycles. The third-order valence-electron chi connectivity index (χ3n) is 3.31. The van der Waals surface area contributed by atoms with Crippen molar-refractivity contribution in [1.82, 2.24) is 10.0 Å². The fourth-order valence-corrected chi connectivity index (χ4v) is 3.84. The molecule has 9 heteroatoms. The molecule has 1 aromatic carbocycles. The van der Waals surface area contributed by atoms with E-state index in [0.717, 1.165) is 19.0 Å². The minimum Gasteiger partial charge on any atom is -0.315 e. The molecular formula is C12H18ClN3O4S. The lowest BCUT2D eigenvalue weighted by atomic mass is 10.1. The number of hydrogen-bond acceptors (Lipinski definition) is 5. The van der Waals surface area contributed by atoms with E-state index in [4.69, 9.17) is 0 Å². The van der Waals surface area contributed by atoms with Crippen molar-refractivity contribution >= 4 is 28.1 Å². The van der Waals surface area contributed by atoms with Crippen LogP contribution in [0.4, 0.5) is 5.69 Å². The number of aryl methyl sites for hydroxylation is 1. The van der Waals surface area contributed by atoms with Gasteiger partial charge in [-0.1, -0.05) is 13.0 Å². The molecule has 2 rings (SSSR count). The molecule has 0 amide bonds. The summed E-state index contributed by atoms with van der Waals surface area (Å²) < 4.78 is 27.4. The third kappa shape index (κ3) is 4.13. The second-order valence-corrected chi connectivity index (χ2v) is 6.40. The quantitative estimate of drug-likeness (QED) is 0.622. The Morgan fingerprint density at radius 1 is 1.48 bits per heavy atom. The van der Waals surface area contributed by atoms with Gasteiger partial charge in [0.2, 0.25) is 10.0 Å². The third-order valence-corrected chi connectivity index (χ3v) is 4.92. The highest BCUT2D eigenvalue weighted by atomic mass is 35.5. The smallest absolute Gasteiger partial charge is 0.270 e. The van der Waals surface area contributed by atoms with E-state index in [1.807, 2.05) is 6.92 Å². The van der Waals surface area contributed by atoms with E-state index in [1.165, 1.54) is 12.1 Å². The highest BCUT2D eigenvalue weighted by molar-refractivity contribution is 7.89. The molecule has 1 aliphatic heterocycles. The lowest BCUT2D eigenvalue weighted by Gasteiger charge is -2.14. The first-order valence-electron chi connectivity index (χ1n) is 6.44. The van der Waals surface area contributed by atoms with Gasteiger partial charge in [-0.05, 0) is 24.9 Å². The predicted octanol–water partition coefficient (Wildman–Crippen LogP) is 1.22. The Balaban J connectivity index is 0.00000220. The summed E-state index contributed by atoms with van der Waals surface area (Å²) in [7, 11) is -3.74. The van der Waals surface area contributed by atoms with Crippen molar-refractivity contribution in [3.63, 3.8) is 0 Å². The van der Waals surface area contributed by atoms with E-state index in [9.17, 15) is 18.5 Å². The van der Waals surface area contributed by atoms with Gasteiger partial charge in [-0.25, -0.2) is 13.1 Å². The summed E-state index contributed by atoms with van der Waals surface area (Å²) >= 11 is 0. The van der Waals surface area contributed by atoms with Crippen LogP contribution in [0.5, 0.6) is 0 Å². The van der Waals surface area contributed by atoms with Gasteiger partial charge < -0.3 is 5.32 Å². The van der Waals surface area contributed by atoms with Gasteiger partial charge in [0.05, 0.1) is 9.82 Å². The van der Waals surface area contributed by atoms with Gasteiger partial charge in [0.15, 0.2) is 0 Å². The van der Waals surface area contributed by atoms with Crippen molar-refractivity contribution < 1.29 is 13.3 Å². The number of nitrogens with one attached hydrogen (secondary N) is 2. The lowest BCUT2D eigenvalue weighted by Crippen LogP contribution is -2.36. The standard InChI is InChI=1S/C12H17N3O4S.ClH/c1-2-9-3-4-11(15(16)17)7-12(9)20(18,19)14-10-5-6-13-8-10;/h3-4,7,10,13-14H,2,5-6,8H2,1H3;1H. The van der Waals surface area contributed by atoms with Gasteiger partial charge in [-0.3, -0.25) is 10.1 Å². The average molecular weight is 336 g/mol. The molecule has 1 heterocycles. The average Bonchev–Trinajstić information content (AvgIpc) is 2.90. The molecule has 2 N–H and O–H groups in total. The Morgan fingerprint density at radius 3 is 2.71 bits per heavy atom. The highest BCUT2D eigenvalue weighted by Crippen LogP contribution is 2.23. The zero-order chi connectivity index (χ0) is 14.8. The number of sulfonamides is 1. The molecule has 1 atom stereocenters. The van der Waals surface area contributed by atoms with Crippen LogP contribution >= 0.6 is 12.4 Å². The van der Waals surface area contributed by atoms with Gasteiger partial charge >= 0.3 is 0 Å². The zero-order valence-corrected chi connectivity index (χ0v) is 13.2. The summed E-state index contributed by atoms with van der Waals surface area (Å²) in [5.74, 6) is 0. The molecule has 118 valence electrons. The van der Waals surface area contributed by atoms with E-state index < -0.39 is 14.9 Å². The van der Waals surface area contributed by atoms with Gasteiger partial charge in [0.1, 0.15) is 0 Å². The summed E-state index contributed by atoms with van der Waals surface area (Å²) in [6, 6.07) is 3.79.